The number of nitrogens with zero attached hydrogens (tertiary/aromatic N) is 4. The van der Waals surface area contributed by atoms with Gasteiger partial charge < -0.3 is 18.8 Å². The minimum atomic E-state index is -0.246. The molecule has 0 aliphatic carbocycles. The smallest absolute Gasteiger partial charge is 0.228 e. The first-order valence-corrected chi connectivity index (χ1v) is 8.77. The molecule has 0 bridgehead atoms. The Labute approximate surface area is 146 Å². The monoisotopic (exact) mass is 342 g/mol. The number of hydrogen-bond donors (Lipinski definition) is 0. The average molecular weight is 342 g/mol. The van der Waals surface area contributed by atoms with E-state index in [0.717, 1.165) is 25.1 Å². The van der Waals surface area contributed by atoms with Crippen LogP contribution < -0.4 is 0 Å². The number of imidazole rings is 1. The van der Waals surface area contributed by atoms with Crippen molar-refractivity contribution in [3.8, 4) is 0 Å². The predicted molar refractivity (Wildman–Crippen MR) is 89.3 cm³/mol. The average Bonchev–Trinajstić information content (AvgIpc) is 3.38. The van der Waals surface area contributed by atoms with Gasteiger partial charge in [-0.2, -0.15) is 0 Å². The summed E-state index contributed by atoms with van der Waals surface area (Å²) in [6.45, 7) is 2.38. The van der Waals surface area contributed by atoms with E-state index in [1.165, 1.54) is 0 Å². The lowest BCUT2D eigenvalue weighted by Gasteiger charge is -2.34. The van der Waals surface area contributed by atoms with Crippen molar-refractivity contribution in [3.05, 3.63) is 42.9 Å². The zero-order valence-electron chi connectivity index (χ0n) is 14.1. The van der Waals surface area contributed by atoms with Crippen LogP contribution in [-0.2, 0) is 16.1 Å². The van der Waals surface area contributed by atoms with Crippen LogP contribution in [0.25, 0.3) is 0 Å². The van der Waals surface area contributed by atoms with Gasteiger partial charge in [-0.25, -0.2) is 4.98 Å². The third kappa shape index (κ3) is 3.31. The van der Waals surface area contributed by atoms with Gasteiger partial charge in [-0.05, 0) is 25.0 Å². The summed E-state index contributed by atoms with van der Waals surface area (Å²) < 4.78 is 7.39. The fourth-order valence-electron chi connectivity index (χ4n) is 3.82. The second-order valence-electron chi connectivity index (χ2n) is 6.84. The highest BCUT2D eigenvalue weighted by Crippen LogP contribution is 2.26. The molecule has 2 aromatic rings. The summed E-state index contributed by atoms with van der Waals surface area (Å²) >= 11 is 0. The molecule has 2 fully saturated rings. The number of furan rings is 1. The molecule has 25 heavy (non-hydrogen) atoms. The van der Waals surface area contributed by atoms with Gasteiger partial charge in [0, 0.05) is 38.4 Å². The normalized spacial score (nSPS) is 24.1. The van der Waals surface area contributed by atoms with E-state index < -0.39 is 0 Å². The van der Waals surface area contributed by atoms with Gasteiger partial charge in [0.05, 0.1) is 31.1 Å². The number of piperidine rings is 1. The van der Waals surface area contributed by atoms with E-state index in [-0.39, 0.29) is 23.8 Å². The first-order valence-electron chi connectivity index (χ1n) is 8.77. The lowest BCUT2D eigenvalue weighted by atomic mass is 10.0. The Morgan fingerprint density at radius 1 is 1.36 bits per heavy atom. The summed E-state index contributed by atoms with van der Waals surface area (Å²) in [5.74, 6) is 0.627. The number of carbonyl (C=O) groups excluding carboxylic acids is 2. The van der Waals surface area contributed by atoms with E-state index >= 15 is 0 Å². The Morgan fingerprint density at radius 3 is 3.04 bits per heavy atom. The van der Waals surface area contributed by atoms with Crippen molar-refractivity contribution in [3.63, 3.8) is 0 Å². The quantitative estimate of drug-likeness (QED) is 0.848. The van der Waals surface area contributed by atoms with E-state index in [1.807, 2.05) is 29.6 Å². The lowest BCUT2D eigenvalue weighted by molar-refractivity contribution is -0.137. The maximum Gasteiger partial charge on any atom is 0.228 e. The maximum atomic E-state index is 12.9. The lowest BCUT2D eigenvalue weighted by Crippen LogP contribution is -2.44. The highest BCUT2D eigenvalue weighted by Gasteiger charge is 2.38. The molecule has 0 aromatic carbocycles. The van der Waals surface area contributed by atoms with Crippen molar-refractivity contribution in [2.75, 3.05) is 19.6 Å². The van der Waals surface area contributed by atoms with Crippen LogP contribution in [0.4, 0.5) is 0 Å². The molecule has 2 atom stereocenters. The number of rotatable bonds is 4. The zero-order valence-corrected chi connectivity index (χ0v) is 14.1. The van der Waals surface area contributed by atoms with E-state index in [9.17, 15) is 9.59 Å². The van der Waals surface area contributed by atoms with Gasteiger partial charge >= 0.3 is 0 Å². The highest BCUT2D eigenvalue weighted by atomic mass is 16.3. The van der Waals surface area contributed by atoms with Crippen LogP contribution in [0.15, 0.2) is 41.5 Å². The molecule has 4 heterocycles. The van der Waals surface area contributed by atoms with E-state index in [0.29, 0.717) is 26.1 Å². The molecule has 2 aliphatic heterocycles. The van der Waals surface area contributed by atoms with Crippen LogP contribution in [0.5, 0.6) is 0 Å². The molecular weight excluding hydrogens is 320 g/mol. The SMILES string of the molecule is O=C1C[C@H](C(=O)N2CCC[C@@H](n3ccnc3)C2)CN1Cc1ccco1. The van der Waals surface area contributed by atoms with Crippen molar-refractivity contribution >= 4 is 11.8 Å². The number of carbonyl (C=O) groups is 2. The van der Waals surface area contributed by atoms with Crippen LogP contribution in [-0.4, -0.2) is 50.8 Å². The summed E-state index contributed by atoms with van der Waals surface area (Å²) in [5, 5.41) is 0. The van der Waals surface area contributed by atoms with Crippen LogP contribution in [0.1, 0.15) is 31.1 Å². The Kier molecular flexibility index (Phi) is 4.29. The van der Waals surface area contributed by atoms with Crippen LogP contribution in [0.2, 0.25) is 0 Å². The zero-order chi connectivity index (χ0) is 17.2. The first kappa shape index (κ1) is 15.9. The Hall–Kier alpha value is -2.57. The fraction of sp³-hybridized carbons (Fsp3) is 0.500. The molecule has 0 unspecified atom stereocenters. The van der Waals surface area contributed by atoms with Gasteiger partial charge in [-0.1, -0.05) is 0 Å². The van der Waals surface area contributed by atoms with Crippen molar-refractivity contribution < 1.29 is 14.0 Å². The Bertz CT molecular complexity index is 726. The summed E-state index contributed by atoms with van der Waals surface area (Å²) in [4.78, 5) is 32.9. The third-order valence-electron chi connectivity index (χ3n) is 5.15. The van der Waals surface area contributed by atoms with Crippen molar-refractivity contribution in [1.82, 2.24) is 19.4 Å². The number of hydrogen-bond acceptors (Lipinski definition) is 4. The topological polar surface area (TPSA) is 71.6 Å². The second-order valence-corrected chi connectivity index (χ2v) is 6.84. The molecule has 2 aliphatic rings. The summed E-state index contributed by atoms with van der Waals surface area (Å²) in [7, 11) is 0. The van der Waals surface area contributed by atoms with Gasteiger partial charge in [0.25, 0.3) is 0 Å². The van der Waals surface area contributed by atoms with E-state index in [4.69, 9.17) is 4.42 Å². The van der Waals surface area contributed by atoms with Gasteiger partial charge in [-0.15, -0.1) is 0 Å². The molecule has 132 valence electrons. The van der Waals surface area contributed by atoms with Gasteiger partial charge in [0.2, 0.25) is 11.8 Å². The van der Waals surface area contributed by atoms with Crippen molar-refractivity contribution in [2.24, 2.45) is 5.92 Å². The molecule has 7 heteroatoms. The Balaban J connectivity index is 1.38. The van der Waals surface area contributed by atoms with Crippen LogP contribution >= 0.6 is 0 Å². The standard InChI is InChI=1S/C18H22N4O3/c23-17-9-14(10-22(17)12-16-4-2-8-25-16)18(24)20-6-1-3-15(11-20)21-7-5-19-13-21/h2,4-5,7-8,13-15H,1,3,6,9-12H2/t14-,15+/m0/s1. The molecule has 0 saturated carbocycles. The third-order valence-corrected chi connectivity index (χ3v) is 5.15. The number of aromatic nitrogens is 2. The van der Waals surface area contributed by atoms with Gasteiger partial charge in [0.1, 0.15) is 5.76 Å². The van der Waals surface area contributed by atoms with Crippen molar-refractivity contribution in [1.29, 1.82) is 0 Å². The maximum absolute atomic E-state index is 12.9. The van der Waals surface area contributed by atoms with Gasteiger partial charge in [0.15, 0.2) is 0 Å². The number of amides is 2. The molecule has 0 radical (unpaired) electrons. The fourth-order valence-corrected chi connectivity index (χ4v) is 3.82. The molecule has 2 saturated heterocycles. The number of likely N-dealkylation sites (tertiary alicyclic amines) is 2. The second kappa shape index (κ2) is 6.74. The minimum Gasteiger partial charge on any atom is -0.467 e. The largest absolute Gasteiger partial charge is 0.467 e. The molecule has 0 N–H and O–H groups in total. The van der Waals surface area contributed by atoms with Crippen LogP contribution in [0, 0.1) is 5.92 Å². The molecule has 2 aromatic heterocycles. The minimum absolute atomic E-state index is 0.0259. The first-order chi connectivity index (χ1) is 12.2. The summed E-state index contributed by atoms with van der Waals surface area (Å²) in [6, 6.07) is 3.93. The molecule has 4 rings (SSSR count). The highest BCUT2D eigenvalue weighted by molar-refractivity contribution is 5.89. The molecule has 0 spiro atoms. The molecule has 2 amide bonds. The van der Waals surface area contributed by atoms with Crippen LogP contribution in [0.3, 0.4) is 0 Å². The summed E-state index contributed by atoms with van der Waals surface area (Å²) in [6.07, 6.45) is 9.45. The van der Waals surface area contributed by atoms with E-state index in [1.54, 1.807) is 17.4 Å². The van der Waals surface area contributed by atoms with E-state index in [2.05, 4.69) is 9.55 Å². The van der Waals surface area contributed by atoms with Gasteiger partial charge in [-0.3, -0.25) is 9.59 Å². The molecular formula is C18H22N4O3. The predicted octanol–water partition coefficient (Wildman–Crippen LogP) is 1.69. The Morgan fingerprint density at radius 2 is 2.28 bits per heavy atom. The molecule has 7 nitrogen and oxygen atoms in total. The summed E-state index contributed by atoms with van der Waals surface area (Å²) in [5.41, 5.74) is 0. The van der Waals surface area contributed by atoms with Crippen molar-refractivity contribution in [2.45, 2.75) is 31.8 Å².